The number of amides is 1. The lowest BCUT2D eigenvalue weighted by Crippen LogP contribution is -2.42. The van der Waals surface area contributed by atoms with E-state index in [0.29, 0.717) is 0 Å². The van der Waals surface area contributed by atoms with Crippen LogP contribution in [0.2, 0.25) is 0 Å². The Kier molecular flexibility index (Phi) is 6.10. The molecule has 2 rings (SSSR count). The SMILES string of the molecule is O=C(NC(Cc1ccc(O)c([N+](=O)[O-])c1)C(=O)O)OCc1ccccc1. The highest BCUT2D eigenvalue weighted by molar-refractivity contribution is 5.80. The van der Waals surface area contributed by atoms with Gasteiger partial charge < -0.3 is 20.3 Å². The van der Waals surface area contributed by atoms with Crippen molar-refractivity contribution in [3.8, 4) is 5.75 Å². The first kappa shape index (κ1) is 18.7. The van der Waals surface area contributed by atoms with E-state index in [-0.39, 0.29) is 18.6 Å². The van der Waals surface area contributed by atoms with E-state index in [2.05, 4.69) is 5.32 Å². The summed E-state index contributed by atoms with van der Waals surface area (Å²) >= 11 is 0. The summed E-state index contributed by atoms with van der Waals surface area (Å²) in [4.78, 5) is 33.2. The molecule has 136 valence electrons. The van der Waals surface area contributed by atoms with Crippen molar-refractivity contribution in [1.82, 2.24) is 5.32 Å². The monoisotopic (exact) mass is 360 g/mol. The molecule has 2 aromatic rings. The molecule has 0 aromatic heterocycles. The lowest BCUT2D eigenvalue weighted by atomic mass is 10.1. The number of carbonyl (C=O) groups excluding carboxylic acids is 1. The fraction of sp³-hybridized carbons (Fsp3) is 0.176. The third kappa shape index (κ3) is 5.20. The topological polar surface area (TPSA) is 139 Å². The number of nitro groups is 1. The number of phenols is 1. The molecule has 0 aliphatic heterocycles. The van der Waals surface area contributed by atoms with Crippen LogP contribution < -0.4 is 5.32 Å². The van der Waals surface area contributed by atoms with E-state index in [1.54, 1.807) is 30.3 Å². The smallest absolute Gasteiger partial charge is 0.408 e. The zero-order valence-electron chi connectivity index (χ0n) is 13.5. The Bertz CT molecular complexity index is 808. The summed E-state index contributed by atoms with van der Waals surface area (Å²) < 4.78 is 4.97. The standard InChI is InChI=1S/C17H16N2O7/c20-15-7-6-12(9-14(15)19(24)25)8-13(16(21)22)18-17(23)26-10-11-4-2-1-3-5-11/h1-7,9,13,20H,8,10H2,(H,18,23)(H,21,22). The number of nitrogens with one attached hydrogen (secondary N) is 1. The molecule has 0 heterocycles. The third-order valence-electron chi connectivity index (χ3n) is 3.48. The van der Waals surface area contributed by atoms with Crippen molar-refractivity contribution in [2.24, 2.45) is 0 Å². The van der Waals surface area contributed by atoms with Crippen LogP contribution in [0.4, 0.5) is 10.5 Å². The number of ether oxygens (including phenoxy) is 1. The number of hydrogen-bond acceptors (Lipinski definition) is 6. The van der Waals surface area contributed by atoms with Crippen molar-refractivity contribution in [1.29, 1.82) is 0 Å². The summed E-state index contributed by atoms with van der Waals surface area (Å²) in [6.45, 7) is -0.0241. The highest BCUT2D eigenvalue weighted by atomic mass is 16.6. The van der Waals surface area contributed by atoms with Crippen LogP contribution in [0, 0.1) is 10.1 Å². The van der Waals surface area contributed by atoms with Crippen LogP contribution in [0.25, 0.3) is 0 Å². The summed E-state index contributed by atoms with van der Waals surface area (Å²) in [5.74, 6) is -1.85. The predicted octanol–water partition coefficient (Wildman–Crippen LogP) is 2.22. The second kappa shape index (κ2) is 8.47. The molecule has 9 nitrogen and oxygen atoms in total. The summed E-state index contributed by atoms with van der Waals surface area (Å²) in [5, 5.41) is 31.7. The molecular weight excluding hydrogens is 344 g/mol. The summed E-state index contributed by atoms with van der Waals surface area (Å²) in [7, 11) is 0. The van der Waals surface area contributed by atoms with E-state index in [0.717, 1.165) is 17.7 Å². The highest BCUT2D eigenvalue weighted by Gasteiger charge is 2.23. The number of benzene rings is 2. The van der Waals surface area contributed by atoms with Crippen LogP contribution in [-0.2, 0) is 22.6 Å². The van der Waals surface area contributed by atoms with Crippen molar-refractivity contribution < 1.29 is 29.5 Å². The van der Waals surface area contributed by atoms with Gasteiger partial charge in [0.25, 0.3) is 0 Å². The first-order valence-corrected chi connectivity index (χ1v) is 7.53. The Hall–Kier alpha value is -3.62. The van der Waals surface area contributed by atoms with Gasteiger partial charge in [-0.1, -0.05) is 36.4 Å². The Morgan fingerprint density at radius 3 is 2.46 bits per heavy atom. The number of rotatable bonds is 7. The van der Waals surface area contributed by atoms with Gasteiger partial charge in [0.2, 0.25) is 0 Å². The molecule has 26 heavy (non-hydrogen) atoms. The van der Waals surface area contributed by atoms with E-state index in [1.165, 1.54) is 6.07 Å². The van der Waals surface area contributed by atoms with Gasteiger partial charge in [0.15, 0.2) is 5.75 Å². The van der Waals surface area contributed by atoms with E-state index in [9.17, 15) is 29.9 Å². The molecule has 3 N–H and O–H groups in total. The van der Waals surface area contributed by atoms with Gasteiger partial charge in [-0.3, -0.25) is 10.1 Å². The Labute approximate surface area is 148 Å². The van der Waals surface area contributed by atoms with Crippen molar-refractivity contribution in [3.05, 3.63) is 69.8 Å². The Morgan fingerprint density at radius 1 is 1.15 bits per heavy atom. The largest absolute Gasteiger partial charge is 0.502 e. The zero-order chi connectivity index (χ0) is 19.1. The lowest BCUT2D eigenvalue weighted by Gasteiger charge is -2.15. The molecule has 0 saturated carbocycles. The minimum absolute atomic E-state index is 0.0241. The second-order valence-corrected chi connectivity index (χ2v) is 5.38. The van der Waals surface area contributed by atoms with Crippen LogP contribution in [0.15, 0.2) is 48.5 Å². The molecule has 0 aliphatic carbocycles. The average Bonchev–Trinajstić information content (AvgIpc) is 2.61. The quantitative estimate of drug-likeness (QED) is 0.508. The predicted molar refractivity (Wildman–Crippen MR) is 89.7 cm³/mol. The van der Waals surface area contributed by atoms with Gasteiger partial charge in [-0.2, -0.15) is 0 Å². The van der Waals surface area contributed by atoms with Crippen LogP contribution in [0.1, 0.15) is 11.1 Å². The minimum Gasteiger partial charge on any atom is -0.502 e. The number of nitrogens with zero attached hydrogens (tertiary/aromatic N) is 1. The van der Waals surface area contributed by atoms with Gasteiger partial charge in [0.05, 0.1) is 4.92 Å². The Morgan fingerprint density at radius 2 is 1.85 bits per heavy atom. The molecule has 1 amide bonds. The first-order chi connectivity index (χ1) is 12.4. The van der Waals surface area contributed by atoms with Crippen LogP contribution >= 0.6 is 0 Å². The van der Waals surface area contributed by atoms with Crippen molar-refractivity contribution in [2.75, 3.05) is 0 Å². The molecule has 0 aliphatic rings. The lowest BCUT2D eigenvalue weighted by molar-refractivity contribution is -0.385. The van der Waals surface area contributed by atoms with Gasteiger partial charge in [-0.25, -0.2) is 9.59 Å². The number of aliphatic carboxylic acids is 1. The number of hydrogen-bond donors (Lipinski definition) is 3. The number of carbonyl (C=O) groups is 2. The molecule has 0 spiro atoms. The van der Waals surface area contributed by atoms with Gasteiger partial charge in [-0.15, -0.1) is 0 Å². The molecule has 9 heteroatoms. The number of carboxylic acids is 1. The number of aromatic hydroxyl groups is 1. The molecule has 0 saturated heterocycles. The Balaban J connectivity index is 2.00. The number of nitro benzene ring substituents is 1. The summed E-state index contributed by atoms with van der Waals surface area (Å²) in [6.07, 6.45) is -1.13. The summed E-state index contributed by atoms with van der Waals surface area (Å²) in [5.41, 5.74) is 0.465. The van der Waals surface area contributed by atoms with Gasteiger partial charge in [0.1, 0.15) is 12.6 Å². The maximum absolute atomic E-state index is 11.8. The second-order valence-electron chi connectivity index (χ2n) is 5.38. The van der Waals surface area contributed by atoms with Crippen molar-refractivity contribution in [2.45, 2.75) is 19.1 Å². The first-order valence-electron chi connectivity index (χ1n) is 7.53. The van der Waals surface area contributed by atoms with Crippen LogP contribution in [0.5, 0.6) is 5.75 Å². The number of carboxylic acid groups (broad SMARTS) is 1. The maximum atomic E-state index is 11.8. The molecule has 2 aromatic carbocycles. The maximum Gasteiger partial charge on any atom is 0.408 e. The van der Waals surface area contributed by atoms with Crippen molar-refractivity contribution in [3.63, 3.8) is 0 Å². The molecule has 1 unspecified atom stereocenters. The fourth-order valence-electron chi connectivity index (χ4n) is 2.19. The van der Waals surface area contributed by atoms with Crippen LogP contribution in [-0.4, -0.2) is 33.2 Å². The molecule has 1 atom stereocenters. The highest BCUT2D eigenvalue weighted by Crippen LogP contribution is 2.26. The number of alkyl carbamates (subject to hydrolysis) is 1. The van der Waals surface area contributed by atoms with Crippen LogP contribution in [0.3, 0.4) is 0 Å². The van der Waals surface area contributed by atoms with E-state index < -0.39 is 34.5 Å². The fourth-order valence-corrected chi connectivity index (χ4v) is 2.19. The van der Waals surface area contributed by atoms with E-state index in [1.807, 2.05) is 0 Å². The van der Waals surface area contributed by atoms with Gasteiger partial charge in [0, 0.05) is 12.5 Å². The minimum atomic E-state index is -1.34. The zero-order valence-corrected chi connectivity index (χ0v) is 13.5. The van der Waals surface area contributed by atoms with Crippen molar-refractivity contribution >= 4 is 17.7 Å². The molecule has 0 fully saturated rings. The van der Waals surface area contributed by atoms with E-state index in [4.69, 9.17) is 4.74 Å². The normalized spacial score (nSPS) is 11.4. The number of phenolic OH excluding ortho intramolecular Hbond substituents is 1. The molecular formula is C17H16N2O7. The summed E-state index contributed by atoms with van der Waals surface area (Å²) in [6, 6.07) is 11.0. The molecule has 0 radical (unpaired) electrons. The van der Waals surface area contributed by atoms with Gasteiger partial charge in [-0.05, 0) is 17.2 Å². The average molecular weight is 360 g/mol. The van der Waals surface area contributed by atoms with Gasteiger partial charge >= 0.3 is 17.7 Å². The molecule has 0 bridgehead atoms. The third-order valence-corrected chi connectivity index (χ3v) is 3.48. The van der Waals surface area contributed by atoms with E-state index >= 15 is 0 Å².